The molecule has 4 nitrogen and oxygen atoms in total. The molecule has 1 fully saturated rings. The third kappa shape index (κ3) is 4.16. The first-order chi connectivity index (χ1) is 15.6. The fourth-order valence-corrected chi connectivity index (χ4v) is 4.78. The van der Waals surface area contributed by atoms with Gasteiger partial charge in [-0.25, -0.2) is 0 Å². The molecule has 0 atom stereocenters. The van der Waals surface area contributed by atoms with Gasteiger partial charge in [0.15, 0.2) is 0 Å². The lowest BCUT2D eigenvalue weighted by Crippen LogP contribution is -2.45. The second kappa shape index (κ2) is 8.81. The summed E-state index contributed by atoms with van der Waals surface area (Å²) < 4.78 is 6.74. The first-order valence-corrected chi connectivity index (χ1v) is 11.3. The Labute approximate surface area is 192 Å². The summed E-state index contributed by atoms with van der Waals surface area (Å²) in [5, 5.41) is 1.84. The van der Waals surface area contributed by atoms with Crippen LogP contribution in [0.5, 0.6) is 5.75 Å². The number of halogens is 1. The van der Waals surface area contributed by atoms with Crippen LogP contribution < -0.4 is 10.3 Å². The van der Waals surface area contributed by atoms with Gasteiger partial charge >= 0.3 is 0 Å². The van der Waals surface area contributed by atoms with E-state index in [9.17, 15) is 4.79 Å². The molecule has 0 spiro atoms. The van der Waals surface area contributed by atoms with Crippen LogP contribution in [0.2, 0.25) is 5.02 Å². The number of nitrogens with zero attached hydrogens (tertiary/aromatic N) is 1. The fraction of sp³-hybridized carbons (Fsp3) is 0.222. The largest absolute Gasteiger partial charge is 0.481 e. The van der Waals surface area contributed by atoms with Gasteiger partial charge in [0.25, 0.3) is 5.56 Å². The standard InChI is InChI=1S/C27H25ClN2O2/c28-24-18-23-21(11-14-29-26(23)31)17-25(24)32-27(22-9-5-2-6-10-22)12-15-30(16-13-27)19-20-7-3-1-4-8-20/h1-11,14,17-18H,12-13,15-16,19H2,(H,29,31). The Bertz CT molecular complexity index is 1260. The predicted octanol–water partition coefficient (Wildman–Crippen LogP) is 5.75. The molecule has 1 aliphatic rings. The van der Waals surface area contributed by atoms with Gasteiger partial charge in [0.1, 0.15) is 11.4 Å². The molecule has 1 aromatic heterocycles. The van der Waals surface area contributed by atoms with E-state index in [-0.39, 0.29) is 5.56 Å². The number of rotatable bonds is 5. The van der Waals surface area contributed by atoms with E-state index in [0.717, 1.165) is 43.4 Å². The number of hydrogen-bond donors (Lipinski definition) is 1. The highest BCUT2D eigenvalue weighted by Crippen LogP contribution is 2.41. The van der Waals surface area contributed by atoms with Crippen LogP contribution in [-0.4, -0.2) is 23.0 Å². The summed E-state index contributed by atoms with van der Waals surface area (Å²) in [5.74, 6) is 0.616. The number of nitrogens with one attached hydrogen (secondary N) is 1. The Hall–Kier alpha value is -3.08. The zero-order valence-corrected chi connectivity index (χ0v) is 18.5. The fourth-order valence-electron chi connectivity index (χ4n) is 4.58. The normalized spacial score (nSPS) is 16.2. The van der Waals surface area contributed by atoms with Gasteiger partial charge in [-0.15, -0.1) is 0 Å². The van der Waals surface area contributed by atoms with E-state index in [4.69, 9.17) is 16.3 Å². The molecule has 162 valence electrons. The minimum absolute atomic E-state index is 0.150. The van der Waals surface area contributed by atoms with E-state index in [1.807, 2.05) is 18.2 Å². The molecule has 1 N–H and O–H groups in total. The van der Waals surface area contributed by atoms with Crippen LogP contribution in [0.3, 0.4) is 0 Å². The number of piperidine rings is 1. The molecule has 0 radical (unpaired) electrons. The second-order valence-corrected chi connectivity index (χ2v) is 8.81. The molecule has 2 heterocycles. The van der Waals surface area contributed by atoms with E-state index >= 15 is 0 Å². The molecule has 0 unspecified atom stereocenters. The summed E-state index contributed by atoms with van der Waals surface area (Å²) in [4.78, 5) is 17.3. The van der Waals surface area contributed by atoms with Crippen molar-refractivity contribution in [1.29, 1.82) is 0 Å². The van der Waals surface area contributed by atoms with Crippen molar-refractivity contribution in [1.82, 2.24) is 9.88 Å². The van der Waals surface area contributed by atoms with Crippen molar-refractivity contribution in [3.63, 3.8) is 0 Å². The summed E-state index contributed by atoms with van der Waals surface area (Å²) in [5.41, 5.74) is 1.86. The maximum Gasteiger partial charge on any atom is 0.255 e. The molecule has 5 heteroatoms. The maximum atomic E-state index is 12.1. The van der Waals surface area contributed by atoms with Gasteiger partial charge in [0.05, 0.1) is 5.02 Å². The third-order valence-corrected chi connectivity index (χ3v) is 6.64. The Morgan fingerprint density at radius 2 is 1.62 bits per heavy atom. The molecule has 0 amide bonds. The van der Waals surface area contributed by atoms with Crippen molar-refractivity contribution in [2.24, 2.45) is 0 Å². The molecular weight excluding hydrogens is 420 g/mol. The summed E-state index contributed by atoms with van der Waals surface area (Å²) in [6.45, 7) is 2.79. The average Bonchev–Trinajstić information content (AvgIpc) is 2.83. The Morgan fingerprint density at radius 1 is 0.938 bits per heavy atom. The van der Waals surface area contributed by atoms with Crippen molar-refractivity contribution >= 4 is 22.4 Å². The van der Waals surface area contributed by atoms with Crippen LogP contribution in [0.25, 0.3) is 10.8 Å². The zero-order chi connectivity index (χ0) is 22.0. The molecule has 3 aromatic carbocycles. The van der Waals surface area contributed by atoms with Crippen LogP contribution in [0.15, 0.2) is 89.9 Å². The van der Waals surface area contributed by atoms with E-state index in [0.29, 0.717) is 16.2 Å². The number of pyridine rings is 1. The van der Waals surface area contributed by atoms with Gasteiger partial charge in [0, 0.05) is 44.1 Å². The molecular formula is C27H25ClN2O2. The lowest BCUT2D eigenvalue weighted by atomic mass is 9.84. The summed E-state index contributed by atoms with van der Waals surface area (Å²) in [6.07, 6.45) is 3.36. The van der Waals surface area contributed by atoms with E-state index < -0.39 is 5.60 Å². The minimum atomic E-state index is -0.465. The van der Waals surface area contributed by atoms with Gasteiger partial charge in [-0.05, 0) is 34.7 Å². The number of hydrogen-bond acceptors (Lipinski definition) is 3. The quantitative estimate of drug-likeness (QED) is 0.426. The minimum Gasteiger partial charge on any atom is -0.481 e. The number of benzene rings is 3. The second-order valence-electron chi connectivity index (χ2n) is 8.40. The van der Waals surface area contributed by atoms with Gasteiger partial charge in [0.2, 0.25) is 0 Å². The molecule has 0 saturated carbocycles. The van der Waals surface area contributed by atoms with Gasteiger partial charge in [-0.2, -0.15) is 0 Å². The SMILES string of the molecule is O=c1[nH]ccc2cc(OC3(c4ccccc4)CCN(Cc4ccccc4)CC3)c(Cl)cc12. The van der Waals surface area contributed by atoms with Crippen molar-refractivity contribution in [2.45, 2.75) is 25.0 Å². The molecule has 1 aliphatic heterocycles. The smallest absolute Gasteiger partial charge is 0.255 e. The number of ether oxygens (including phenoxy) is 1. The Kier molecular flexibility index (Phi) is 5.73. The number of fused-ring (bicyclic) bond motifs is 1. The van der Waals surface area contributed by atoms with Crippen LogP contribution in [-0.2, 0) is 12.1 Å². The Balaban J connectivity index is 1.45. The van der Waals surface area contributed by atoms with Gasteiger partial charge in [-0.1, -0.05) is 72.3 Å². The number of likely N-dealkylation sites (tertiary alicyclic amines) is 1. The molecule has 32 heavy (non-hydrogen) atoms. The highest BCUT2D eigenvalue weighted by Gasteiger charge is 2.39. The van der Waals surface area contributed by atoms with Crippen molar-refractivity contribution in [3.05, 3.63) is 112 Å². The molecule has 1 saturated heterocycles. The van der Waals surface area contributed by atoms with E-state index in [1.54, 1.807) is 12.3 Å². The highest BCUT2D eigenvalue weighted by molar-refractivity contribution is 6.32. The van der Waals surface area contributed by atoms with Crippen molar-refractivity contribution in [2.75, 3.05) is 13.1 Å². The summed E-state index contributed by atoms with van der Waals surface area (Å²) >= 11 is 6.59. The molecule has 4 aromatic rings. The first-order valence-electron chi connectivity index (χ1n) is 10.9. The average molecular weight is 445 g/mol. The topological polar surface area (TPSA) is 45.3 Å². The zero-order valence-electron chi connectivity index (χ0n) is 17.8. The van der Waals surface area contributed by atoms with Gasteiger partial charge < -0.3 is 9.72 Å². The van der Waals surface area contributed by atoms with Crippen LogP contribution >= 0.6 is 11.6 Å². The van der Waals surface area contributed by atoms with Crippen LogP contribution in [0, 0.1) is 0 Å². The molecule has 0 aliphatic carbocycles. The molecule has 5 rings (SSSR count). The lowest BCUT2D eigenvalue weighted by molar-refractivity contribution is -0.00478. The number of aromatic nitrogens is 1. The van der Waals surface area contributed by atoms with E-state index in [2.05, 4.69) is 64.5 Å². The van der Waals surface area contributed by atoms with Crippen LogP contribution in [0.1, 0.15) is 24.0 Å². The molecule has 0 bridgehead atoms. The van der Waals surface area contributed by atoms with Crippen LogP contribution in [0.4, 0.5) is 0 Å². The van der Waals surface area contributed by atoms with E-state index in [1.165, 1.54) is 5.56 Å². The van der Waals surface area contributed by atoms with Crippen molar-refractivity contribution in [3.8, 4) is 5.75 Å². The third-order valence-electron chi connectivity index (χ3n) is 6.34. The lowest BCUT2D eigenvalue weighted by Gasteiger charge is -2.42. The number of H-pyrrole nitrogens is 1. The predicted molar refractivity (Wildman–Crippen MR) is 129 cm³/mol. The maximum absolute atomic E-state index is 12.1. The first kappa shape index (κ1) is 20.8. The number of aromatic amines is 1. The van der Waals surface area contributed by atoms with Gasteiger partial charge in [-0.3, -0.25) is 9.69 Å². The highest BCUT2D eigenvalue weighted by atomic mass is 35.5. The monoisotopic (exact) mass is 444 g/mol. The Morgan fingerprint density at radius 3 is 2.34 bits per heavy atom. The summed E-state index contributed by atoms with van der Waals surface area (Å²) in [7, 11) is 0. The van der Waals surface area contributed by atoms with Crippen molar-refractivity contribution < 1.29 is 4.74 Å². The summed E-state index contributed by atoms with van der Waals surface area (Å²) in [6, 6.07) is 26.4.